The lowest BCUT2D eigenvalue weighted by Gasteiger charge is -2.38. The maximum atomic E-state index is 12.9. The minimum atomic E-state index is -0.536. The Labute approximate surface area is 139 Å². The molecule has 1 unspecified atom stereocenters. The van der Waals surface area contributed by atoms with E-state index in [9.17, 15) is 4.79 Å². The molecular formula is C18H30N2O3. The molecule has 1 heterocycles. The summed E-state index contributed by atoms with van der Waals surface area (Å²) in [6.07, 6.45) is 5.76. The number of methoxy groups -OCH3 is 1. The van der Waals surface area contributed by atoms with Crippen molar-refractivity contribution in [1.29, 1.82) is 0 Å². The molecule has 0 radical (unpaired) electrons. The Morgan fingerprint density at radius 3 is 2.35 bits per heavy atom. The van der Waals surface area contributed by atoms with Crippen LogP contribution in [0.3, 0.4) is 0 Å². The second kappa shape index (κ2) is 6.17. The number of carbonyl (C=O) groups is 1. The van der Waals surface area contributed by atoms with E-state index in [0.29, 0.717) is 5.90 Å². The van der Waals surface area contributed by atoms with E-state index in [4.69, 9.17) is 14.5 Å². The molecule has 0 aromatic rings. The van der Waals surface area contributed by atoms with E-state index in [0.717, 1.165) is 12.8 Å². The summed E-state index contributed by atoms with van der Waals surface area (Å²) in [5.74, 6) is 0.862. The van der Waals surface area contributed by atoms with Gasteiger partial charge >= 0.3 is 6.09 Å². The Morgan fingerprint density at radius 1 is 1.26 bits per heavy atom. The molecule has 0 fully saturated rings. The van der Waals surface area contributed by atoms with Gasteiger partial charge in [-0.25, -0.2) is 9.79 Å². The van der Waals surface area contributed by atoms with E-state index in [-0.39, 0.29) is 29.6 Å². The highest BCUT2D eigenvalue weighted by Gasteiger charge is 2.49. The van der Waals surface area contributed by atoms with Crippen molar-refractivity contribution in [2.45, 2.75) is 72.2 Å². The zero-order valence-corrected chi connectivity index (χ0v) is 15.4. The van der Waals surface area contributed by atoms with E-state index in [1.807, 2.05) is 20.8 Å². The van der Waals surface area contributed by atoms with E-state index >= 15 is 0 Å². The van der Waals surface area contributed by atoms with Crippen LogP contribution in [-0.4, -0.2) is 41.8 Å². The molecule has 2 rings (SSSR count). The van der Waals surface area contributed by atoms with Crippen LogP contribution in [0.1, 0.15) is 54.4 Å². The maximum Gasteiger partial charge on any atom is 0.412 e. The molecule has 23 heavy (non-hydrogen) atoms. The predicted octanol–water partition coefficient (Wildman–Crippen LogP) is 3.99. The van der Waals surface area contributed by atoms with E-state index < -0.39 is 5.60 Å². The lowest BCUT2D eigenvalue weighted by atomic mass is 9.90. The van der Waals surface area contributed by atoms with Crippen LogP contribution in [0.25, 0.3) is 0 Å². The lowest BCUT2D eigenvalue weighted by molar-refractivity contribution is -0.00173. The molecule has 0 spiro atoms. The average Bonchev–Trinajstić information content (AvgIpc) is 3.02. The zero-order valence-electron chi connectivity index (χ0n) is 15.4. The number of carbonyl (C=O) groups excluding carboxylic acids is 1. The highest BCUT2D eigenvalue weighted by atomic mass is 16.6. The summed E-state index contributed by atoms with van der Waals surface area (Å²) in [5, 5.41) is 0. The molecule has 5 heteroatoms. The van der Waals surface area contributed by atoms with Crippen molar-refractivity contribution < 1.29 is 14.3 Å². The third-order valence-corrected chi connectivity index (χ3v) is 4.11. The van der Waals surface area contributed by atoms with Gasteiger partial charge in [0.1, 0.15) is 17.8 Å². The molecule has 1 amide bonds. The van der Waals surface area contributed by atoms with Gasteiger partial charge in [0.15, 0.2) is 0 Å². The standard InChI is InChI=1S/C18H30N2O3/c1-17(2,3)15-19-14(22-7)13(12-10-8-9-11-12)20(15)16(21)23-18(4,5)6/h8,10,12-13,15H,9,11H2,1-7H3/t12?,13-,15-/m0/s1. The summed E-state index contributed by atoms with van der Waals surface area (Å²) in [6, 6.07) is -0.183. The third-order valence-electron chi connectivity index (χ3n) is 4.11. The first-order chi connectivity index (χ1) is 10.5. The van der Waals surface area contributed by atoms with Crippen LogP contribution in [-0.2, 0) is 9.47 Å². The number of aliphatic imine (C=N–C) groups is 1. The van der Waals surface area contributed by atoms with Crippen molar-refractivity contribution in [2.24, 2.45) is 16.3 Å². The van der Waals surface area contributed by atoms with Crippen molar-refractivity contribution in [3.63, 3.8) is 0 Å². The van der Waals surface area contributed by atoms with Crippen LogP contribution < -0.4 is 0 Å². The Hall–Kier alpha value is -1.52. The summed E-state index contributed by atoms with van der Waals surface area (Å²) < 4.78 is 11.2. The van der Waals surface area contributed by atoms with Crippen molar-refractivity contribution >= 4 is 12.0 Å². The van der Waals surface area contributed by atoms with E-state index in [2.05, 4.69) is 32.9 Å². The molecule has 1 aliphatic heterocycles. The first kappa shape index (κ1) is 17.8. The van der Waals surface area contributed by atoms with Gasteiger partial charge in [-0.15, -0.1) is 0 Å². The van der Waals surface area contributed by atoms with Gasteiger partial charge in [0, 0.05) is 11.3 Å². The number of hydrogen-bond acceptors (Lipinski definition) is 4. The van der Waals surface area contributed by atoms with Crippen LogP contribution in [0.5, 0.6) is 0 Å². The lowest BCUT2D eigenvalue weighted by Crippen LogP contribution is -2.52. The summed E-state index contributed by atoms with van der Waals surface area (Å²) in [4.78, 5) is 19.4. The summed E-state index contributed by atoms with van der Waals surface area (Å²) in [7, 11) is 1.63. The highest BCUT2D eigenvalue weighted by molar-refractivity contribution is 5.89. The number of ether oxygens (including phenoxy) is 2. The van der Waals surface area contributed by atoms with Gasteiger partial charge in [0.2, 0.25) is 5.90 Å². The van der Waals surface area contributed by atoms with Gasteiger partial charge < -0.3 is 9.47 Å². The van der Waals surface area contributed by atoms with Crippen molar-refractivity contribution in [1.82, 2.24) is 4.90 Å². The van der Waals surface area contributed by atoms with Crippen molar-refractivity contribution in [2.75, 3.05) is 7.11 Å². The largest absolute Gasteiger partial charge is 0.483 e. The van der Waals surface area contributed by atoms with Crippen molar-refractivity contribution in [3.05, 3.63) is 12.2 Å². The van der Waals surface area contributed by atoms with E-state index in [1.54, 1.807) is 12.0 Å². The number of rotatable bonds is 1. The van der Waals surface area contributed by atoms with E-state index in [1.165, 1.54) is 0 Å². The second-order valence-corrected chi connectivity index (χ2v) is 8.41. The average molecular weight is 322 g/mol. The van der Waals surface area contributed by atoms with Crippen LogP contribution >= 0.6 is 0 Å². The summed E-state index contributed by atoms with van der Waals surface area (Å²) in [5.41, 5.74) is -0.733. The van der Waals surface area contributed by atoms with Crippen LogP contribution in [0.2, 0.25) is 0 Å². The molecule has 3 atom stereocenters. The molecule has 5 nitrogen and oxygen atoms in total. The maximum absolute atomic E-state index is 12.9. The van der Waals surface area contributed by atoms with Crippen molar-refractivity contribution in [3.8, 4) is 0 Å². The smallest absolute Gasteiger partial charge is 0.412 e. The fourth-order valence-electron chi connectivity index (χ4n) is 3.15. The molecular weight excluding hydrogens is 292 g/mol. The molecule has 0 aromatic heterocycles. The van der Waals surface area contributed by atoms with Crippen LogP contribution in [0, 0.1) is 11.3 Å². The SMILES string of the molecule is COC1=N[C@H](C(C)(C)C)N(C(=O)OC(C)(C)C)[C@H]1C1C=CCC1. The minimum absolute atomic E-state index is 0.183. The van der Waals surface area contributed by atoms with Gasteiger partial charge in [0.25, 0.3) is 0 Å². The number of allylic oxidation sites excluding steroid dienone is 1. The normalized spacial score (nSPS) is 28.0. The van der Waals surface area contributed by atoms with Crippen LogP contribution in [0.15, 0.2) is 17.1 Å². The molecule has 130 valence electrons. The summed E-state index contributed by atoms with van der Waals surface area (Å²) >= 11 is 0. The highest BCUT2D eigenvalue weighted by Crippen LogP contribution is 2.38. The quantitative estimate of drug-likeness (QED) is 0.686. The number of amides is 1. The number of hydrogen-bond donors (Lipinski definition) is 0. The Morgan fingerprint density at radius 2 is 1.91 bits per heavy atom. The predicted molar refractivity (Wildman–Crippen MR) is 91.4 cm³/mol. The second-order valence-electron chi connectivity index (χ2n) is 8.41. The summed E-state index contributed by atoms with van der Waals surface area (Å²) in [6.45, 7) is 11.9. The monoisotopic (exact) mass is 322 g/mol. The molecule has 0 aromatic carbocycles. The van der Waals surface area contributed by atoms with Gasteiger partial charge in [-0.3, -0.25) is 4.90 Å². The molecule has 2 aliphatic rings. The number of nitrogens with zero attached hydrogens (tertiary/aromatic N) is 2. The fraction of sp³-hybridized carbons (Fsp3) is 0.778. The zero-order chi connectivity index (χ0) is 17.4. The molecule has 0 saturated heterocycles. The van der Waals surface area contributed by atoms with Gasteiger partial charge in [-0.1, -0.05) is 32.9 Å². The minimum Gasteiger partial charge on any atom is -0.483 e. The third kappa shape index (κ3) is 3.88. The molecule has 1 aliphatic carbocycles. The first-order valence-electron chi connectivity index (χ1n) is 8.34. The molecule has 0 N–H and O–H groups in total. The fourth-order valence-corrected chi connectivity index (χ4v) is 3.15. The van der Waals surface area contributed by atoms with Gasteiger partial charge in [0.05, 0.1) is 7.11 Å². The first-order valence-corrected chi connectivity index (χ1v) is 8.34. The van der Waals surface area contributed by atoms with Gasteiger partial charge in [-0.2, -0.15) is 0 Å². The van der Waals surface area contributed by atoms with Gasteiger partial charge in [-0.05, 0) is 33.6 Å². The Bertz CT molecular complexity index is 511. The molecule has 0 saturated carbocycles. The Kier molecular flexibility index (Phi) is 4.79. The topological polar surface area (TPSA) is 51.1 Å². The van der Waals surface area contributed by atoms with Crippen LogP contribution in [0.4, 0.5) is 4.79 Å². The molecule has 0 bridgehead atoms. The Balaban J connectivity index is 2.37.